The number of anilines is 1. The molecule has 0 amide bonds. The number of aromatic nitrogens is 2. The summed E-state index contributed by atoms with van der Waals surface area (Å²) < 4.78 is 0. The van der Waals surface area contributed by atoms with E-state index in [1.165, 1.54) is 11.1 Å². The zero-order valence-electron chi connectivity index (χ0n) is 11.8. The van der Waals surface area contributed by atoms with Crippen LogP contribution in [0.1, 0.15) is 17.5 Å². The Labute approximate surface area is 119 Å². The van der Waals surface area contributed by atoms with E-state index in [-0.39, 0.29) is 0 Å². The van der Waals surface area contributed by atoms with E-state index in [0.29, 0.717) is 6.04 Å². The van der Waals surface area contributed by atoms with E-state index in [4.69, 9.17) is 0 Å². The summed E-state index contributed by atoms with van der Waals surface area (Å²) in [5.74, 6) is 0.919. The summed E-state index contributed by atoms with van der Waals surface area (Å²) in [5, 5.41) is 3.48. The van der Waals surface area contributed by atoms with Crippen LogP contribution in [0.5, 0.6) is 0 Å². The Morgan fingerprint density at radius 1 is 1.35 bits per heavy atom. The van der Waals surface area contributed by atoms with Gasteiger partial charge in [-0.15, -0.1) is 0 Å². The van der Waals surface area contributed by atoms with Gasteiger partial charge in [-0.2, -0.15) is 0 Å². The molecule has 2 heterocycles. The number of hydrogen-bond donors (Lipinski definition) is 1. The lowest BCUT2D eigenvalue weighted by Gasteiger charge is -2.17. The molecular formula is C16H20N4. The third-order valence-corrected chi connectivity index (χ3v) is 3.70. The fraction of sp³-hybridized carbons (Fsp3) is 0.375. The normalized spacial score (nSPS) is 19.1. The Bertz CT molecular complexity index is 555. The lowest BCUT2D eigenvalue weighted by Crippen LogP contribution is -2.26. The van der Waals surface area contributed by atoms with E-state index < -0.39 is 0 Å². The Balaban J connectivity index is 1.54. The standard InChI is InChI=1S/C16H20N4/c1-13-3-2-4-14(9-13)10-20-8-6-15(11-20)19-16-5-7-17-12-18-16/h2-5,7,9,12,15H,6,8,10-11H2,1H3,(H,17,18,19). The summed E-state index contributed by atoms with van der Waals surface area (Å²) in [6.07, 6.45) is 4.52. The summed E-state index contributed by atoms with van der Waals surface area (Å²) in [5.41, 5.74) is 2.73. The minimum Gasteiger partial charge on any atom is -0.366 e. The van der Waals surface area contributed by atoms with Crippen LogP contribution in [-0.4, -0.2) is 34.0 Å². The third-order valence-electron chi connectivity index (χ3n) is 3.70. The van der Waals surface area contributed by atoms with Crippen molar-refractivity contribution in [2.45, 2.75) is 25.9 Å². The maximum atomic E-state index is 4.22. The van der Waals surface area contributed by atoms with E-state index in [2.05, 4.69) is 51.4 Å². The summed E-state index contributed by atoms with van der Waals surface area (Å²) in [6, 6.07) is 11.2. The van der Waals surface area contributed by atoms with Gasteiger partial charge >= 0.3 is 0 Å². The van der Waals surface area contributed by atoms with Crippen molar-refractivity contribution in [1.29, 1.82) is 0 Å². The summed E-state index contributed by atoms with van der Waals surface area (Å²) in [6.45, 7) is 5.38. The van der Waals surface area contributed by atoms with E-state index in [0.717, 1.165) is 31.9 Å². The maximum absolute atomic E-state index is 4.22. The minimum absolute atomic E-state index is 0.481. The average Bonchev–Trinajstić information content (AvgIpc) is 2.87. The molecule has 3 rings (SSSR count). The van der Waals surface area contributed by atoms with Crippen molar-refractivity contribution in [1.82, 2.24) is 14.9 Å². The number of likely N-dealkylation sites (tertiary alicyclic amines) is 1. The average molecular weight is 268 g/mol. The molecule has 0 spiro atoms. The largest absolute Gasteiger partial charge is 0.366 e. The molecule has 0 saturated carbocycles. The second-order valence-corrected chi connectivity index (χ2v) is 5.45. The molecule has 1 unspecified atom stereocenters. The number of aryl methyl sites for hydroxylation is 1. The van der Waals surface area contributed by atoms with Crippen molar-refractivity contribution in [3.63, 3.8) is 0 Å². The van der Waals surface area contributed by atoms with Crippen molar-refractivity contribution in [3.05, 3.63) is 54.0 Å². The summed E-state index contributed by atoms with van der Waals surface area (Å²) in [7, 11) is 0. The smallest absolute Gasteiger partial charge is 0.129 e. The van der Waals surface area contributed by atoms with E-state index in [1.54, 1.807) is 12.5 Å². The molecule has 104 valence electrons. The first-order valence-electron chi connectivity index (χ1n) is 7.10. The Kier molecular flexibility index (Phi) is 3.92. The molecule has 20 heavy (non-hydrogen) atoms. The van der Waals surface area contributed by atoms with Crippen LogP contribution in [0.4, 0.5) is 5.82 Å². The number of hydrogen-bond acceptors (Lipinski definition) is 4. The molecule has 4 heteroatoms. The van der Waals surface area contributed by atoms with Crippen LogP contribution in [0, 0.1) is 6.92 Å². The van der Waals surface area contributed by atoms with Crippen molar-refractivity contribution < 1.29 is 0 Å². The van der Waals surface area contributed by atoms with E-state index in [1.807, 2.05) is 6.07 Å². The van der Waals surface area contributed by atoms with Gasteiger partial charge in [-0.1, -0.05) is 29.8 Å². The monoisotopic (exact) mass is 268 g/mol. The Morgan fingerprint density at radius 3 is 3.10 bits per heavy atom. The quantitative estimate of drug-likeness (QED) is 0.925. The number of benzene rings is 1. The summed E-state index contributed by atoms with van der Waals surface area (Å²) in [4.78, 5) is 10.7. The zero-order chi connectivity index (χ0) is 13.8. The molecule has 1 aliphatic rings. The van der Waals surface area contributed by atoms with Crippen LogP contribution in [0.2, 0.25) is 0 Å². The molecule has 1 N–H and O–H groups in total. The molecule has 0 aliphatic carbocycles. The van der Waals surface area contributed by atoms with Crippen LogP contribution in [0.25, 0.3) is 0 Å². The topological polar surface area (TPSA) is 41.0 Å². The fourth-order valence-electron chi connectivity index (χ4n) is 2.75. The number of nitrogens with one attached hydrogen (secondary N) is 1. The van der Waals surface area contributed by atoms with Crippen LogP contribution < -0.4 is 5.32 Å². The molecule has 1 aliphatic heterocycles. The van der Waals surface area contributed by atoms with E-state index in [9.17, 15) is 0 Å². The summed E-state index contributed by atoms with van der Waals surface area (Å²) >= 11 is 0. The third kappa shape index (κ3) is 3.33. The predicted molar refractivity (Wildman–Crippen MR) is 80.5 cm³/mol. The first-order chi connectivity index (χ1) is 9.79. The molecule has 0 bridgehead atoms. The van der Waals surface area contributed by atoms with Crippen LogP contribution in [0.15, 0.2) is 42.9 Å². The highest BCUT2D eigenvalue weighted by Crippen LogP contribution is 2.17. The van der Waals surface area contributed by atoms with Gasteiger partial charge in [0.05, 0.1) is 0 Å². The van der Waals surface area contributed by atoms with Crippen molar-refractivity contribution >= 4 is 5.82 Å². The van der Waals surface area contributed by atoms with Gasteiger partial charge in [-0.25, -0.2) is 9.97 Å². The van der Waals surface area contributed by atoms with Gasteiger partial charge in [-0.3, -0.25) is 4.90 Å². The molecule has 1 fully saturated rings. The van der Waals surface area contributed by atoms with Crippen molar-refractivity contribution in [2.75, 3.05) is 18.4 Å². The number of rotatable bonds is 4. The predicted octanol–water partition coefficient (Wildman–Crippen LogP) is 2.47. The first kappa shape index (κ1) is 13.1. The maximum Gasteiger partial charge on any atom is 0.129 e. The first-order valence-corrected chi connectivity index (χ1v) is 7.10. The fourth-order valence-corrected chi connectivity index (χ4v) is 2.75. The van der Waals surface area contributed by atoms with Crippen molar-refractivity contribution in [2.24, 2.45) is 0 Å². The molecule has 2 aromatic rings. The lowest BCUT2D eigenvalue weighted by atomic mass is 10.1. The number of nitrogens with zero attached hydrogens (tertiary/aromatic N) is 3. The highest BCUT2D eigenvalue weighted by molar-refractivity contribution is 5.33. The van der Waals surface area contributed by atoms with Gasteiger partial charge in [0, 0.05) is 31.9 Å². The Hall–Kier alpha value is -1.94. The van der Waals surface area contributed by atoms with Gasteiger partial charge in [0.25, 0.3) is 0 Å². The van der Waals surface area contributed by atoms with Gasteiger partial charge < -0.3 is 5.32 Å². The molecule has 1 aromatic heterocycles. The van der Waals surface area contributed by atoms with Gasteiger partial charge in [-0.05, 0) is 25.0 Å². The van der Waals surface area contributed by atoms with Crippen LogP contribution in [-0.2, 0) is 6.54 Å². The zero-order valence-corrected chi connectivity index (χ0v) is 11.8. The van der Waals surface area contributed by atoms with Gasteiger partial charge in [0.1, 0.15) is 12.1 Å². The lowest BCUT2D eigenvalue weighted by molar-refractivity contribution is 0.328. The minimum atomic E-state index is 0.481. The molecule has 4 nitrogen and oxygen atoms in total. The van der Waals surface area contributed by atoms with Gasteiger partial charge in [0.2, 0.25) is 0 Å². The molecular weight excluding hydrogens is 248 g/mol. The molecule has 1 aromatic carbocycles. The Morgan fingerprint density at radius 2 is 2.30 bits per heavy atom. The van der Waals surface area contributed by atoms with E-state index >= 15 is 0 Å². The van der Waals surface area contributed by atoms with Crippen molar-refractivity contribution in [3.8, 4) is 0 Å². The molecule has 0 radical (unpaired) electrons. The van der Waals surface area contributed by atoms with Crippen LogP contribution in [0.3, 0.4) is 0 Å². The molecule has 1 atom stereocenters. The second kappa shape index (κ2) is 6.01. The SMILES string of the molecule is Cc1cccc(CN2CCC(Nc3ccncn3)C2)c1. The molecule has 1 saturated heterocycles. The highest BCUT2D eigenvalue weighted by Gasteiger charge is 2.22. The van der Waals surface area contributed by atoms with Gasteiger partial charge in [0.15, 0.2) is 0 Å². The second-order valence-electron chi connectivity index (χ2n) is 5.45. The van der Waals surface area contributed by atoms with Crippen LogP contribution >= 0.6 is 0 Å². The highest BCUT2D eigenvalue weighted by atomic mass is 15.2.